The number of hydrogen-bond acceptors (Lipinski definition) is 0. The van der Waals surface area contributed by atoms with E-state index in [4.69, 9.17) is 0 Å². The molecule has 0 saturated carbocycles. The SMILES string of the molecule is CC1=CCC=CC=C1.Cc1ccccc1.Cc1ccccc1. The number of allylic oxidation sites excluding steroid dienone is 6. The zero-order chi connectivity index (χ0) is 16.0. The van der Waals surface area contributed by atoms with Gasteiger partial charge in [0, 0.05) is 0 Å². The van der Waals surface area contributed by atoms with Crippen LogP contribution in [-0.2, 0) is 0 Å². The molecule has 0 N–H and O–H groups in total. The van der Waals surface area contributed by atoms with Crippen LogP contribution in [0.15, 0.2) is 96.6 Å². The van der Waals surface area contributed by atoms with Crippen molar-refractivity contribution < 1.29 is 0 Å². The van der Waals surface area contributed by atoms with E-state index in [1.165, 1.54) is 16.7 Å². The van der Waals surface area contributed by atoms with Crippen LogP contribution < -0.4 is 0 Å². The maximum Gasteiger partial charge on any atom is -0.0160 e. The first-order valence-corrected chi connectivity index (χ1v) is 7.72. The third-order valence-corrected chi connectivity index (χ3v) is 3.06. The Morgan fingerprint density at radius 2 is 1.14 bits per heavy atom. The monoisotopic (exact) mass is 290 g/mol. The Morgan fingerprint density at radius 1 is 0.636 bits per heavy atom. The molecule has 0 unspecified atom stereocenters. The van der Waals surface area contributed by atoms with Crippen molar-refractivity contribution >= 4 is 0 Å². The quantitative estimate of drug-likeness (QED) is 0.524. The molecule has 0 heteroatoms. The molecule has 22 heavy (non-hydrogen) atoms. The van der Waals surface area contributed by atoms with E-state index in [2.05, 4.69) is 75.4 Å². The van der Waals surface area contributed by atoms with Crippen LogP contribution in [0.4, 0.5) is 0 Å². The Labute approximate surface area is 135 Å². The van der Waals surface area contributed by atoms with Crippen molar-refractivity contribution in [1.29, 1.82) is 0 Å². The van der Waals surface area contributed by atoms with Gasteiger partial charge >= 0.3 is 0 Å². The lowest BCUT2D eigenvalue weighted by Crippen LogP contribution is -1.62. The number of rotatable bonds is 0. The Hall–Kier alpha value is -2.34. The Kier molecular flexibility index (Phi) is 9.12. The Morgan fingerprint density at radius 3 is 1.55 bits per heavy atom. The van der Waals surface area contributed by atoms with Gasteiger partial charge in [0.05, 0.1) is 0 Å². The average molecular weight is 290 g/mol. The summed E-state index contributed by atoms with van der Waals surface area (Å²) in [5.41, 5.74) is 4.00. The van der Waals surface area contributed by atoms with Crippen LogP contribution in [0.1, 0.15) is 24.5 Å². The van der Waals surface area contributed by atoms with Crippen LogP contribution in [0, 0.1) is 13.8 Å². The minimum absolute atomic E-state index is 1.08. The van der Waals surface area contributed by atoms with Crippen molar-refractivity contribution in [3.63, 3.8) is 0 Å². The van der Waals surface area contributed by atoms with Gasteiger partial charge in [-0.15, -0.1) is 0 Å². The van der Waals surface area contributed by atoms with E-state index in [1.54, 1.807) is 0 Å². The van der Waals surface area contributed by atoms with E-state index in [9.17, 15) is 0 Å². The molecule has 3 rings (SSSR count). The predicted octanol–water partition coefficient (Wildman–Crippen LogP) is 6.44. The second-order valence-corrected chi connectivity index (χ2v) is 5.28. The van der Waals surface area contributed by atoms with Crippen molar-refractivity contribution in [1.82, 2.24) is 0 Å². The summed E-state index contributed by atoms with van der Waals surface area (Å²) in [6, 6.07) is 20.5. The zero-order valence-electron chi connectivity index (χ0n) is 13.9. The van der Waals surface area contributed by atoms with E-state index >= 15 is 0 Å². The predicted molar refractivity (Wildman–Crippen MR) is 99.0 cm³/mol. The molecule has 0 fully saturated rings. The fraction of sp³-hybridized carbons (Fsp3) is 0.182. The fourth-order valence-corrected chi connectivity index (χ4v) is 1.76. The smallest absolute Gasteiger partial charge is 0.0160 e. The highest BCUT2D eigenvalue weighted by molar-refractivity contribution is 5.24. The lowest BCUT2D eigenvalue weighted by molar-refractivity contribution is 1.35. The Bertz CT molecular complexity index is 546. The second-order valence-electron chi connectivity index (χ2n) is 5.28. The molecule has 0 spiro atoms. The van der Waals surface area contributed by atoms with Crippen LogP contribution in [0.2, 0.25) is 0 Å². The van der Waals surface area contributed by atoms with Gasteiger partial charge in [0.1, 0.15) is 0 Å². The lowest BCUT2D eigenvalue weighted by atomic mass is 10.2. The van der Waals surface area contributed by atoms with Crippen LogP contribution in [0.25, 0.3) is 0 Å². The topological polar surface area (TPSA) is 0 Å². The van der Waals surface area contributed by atoms with Gasteiger partial charge in [-0.1, -0.05) is 108 Å². The van der Waals surface area contributed by atoms with Gasteiger partial charge < -0.3 is 0 Å². The highest BCUT2D eigenvalue weighted by Gasteiger charge is 1.81. The maximum absolute atomic E-state index is 2.21. The Balaban J connectivity index is 0.000000166. The molecule has 0 heterocycles. The first-order chi connectivity index (χ1) is 10.7. The standard InChI is InChI=1S/C8H10.2C7H8/c1-8-6-4-2-3-5-7-8;2*1-7-5-3-2-4-6-7/h2-4,6-7H,5H2,1H3;2*2-6H,1H3. The number of benzene rings is 2. The van der Waals surface area contributed by atoms with E-state index in [0.717, 1.165) is 6.42 Å². The third-order valence-electron chi connectivity index (χ3n) is 3.06. The van der Waals surface area contributed by atoms with E-state index < -0.39 is 0 Å². The molecule has 114 valence electrons. The van der Waals surface area contributed by atoms with Gasteiger partial charge in [0.25, 0.3) is 0 Å². The van der Waals surface area contributed by atoms with Gasteiger partial charge in [-0.05, 0) is 27.2 Å². The van der Waals surface area contributed by atoms with E-state index in [-0.39, 0.29) is 0 Å². The summed E-state index contributed by atoms with van der Waals surface area (Å²) in [7, 11) is 0. The molecule has 0 saturated heterocycles. The molecule has 2 aromatic carbocycles. The molecule has 0 nitrogen and oxygen atoms in total. The summed E-state index contributed by atoms with van der Waals surface area (Å²) in [4.78, 5) is 0. The summed E-state index contributed by atoms with van der Waals surface area (Å²) < 4.78 is 0. The van der Waals surface area contributed by atoms with Crippen molar-refractivity contribution in [2.24, 2.45) is 0 Å². The number of aryl methyl sites for hydroxylation is 2. The summed E-state index contributed by atoms with van der Waals surface area (Å²) in [5.74, 6) is 0. The molecule has 0 aliphatic heterocycles. The molecule has 1 aliphatic carbocycles. The number of hydrogen-bond donors (Lipinski definition) is 0. The first-order valence-electron chi connectivity index (χ1n) is 7.72. The molecular formula is C22H26. The minimum Gasteiger partial charge on any atom is -0.0807 e. The molecule has 0 bridgehead atoms. The van der Waals surface area contributed by atoms with Crippen LogP contribution in [0.3, 0.4) is 0 Å². The highest BCUT2D eigenvalue weighted by atomic mass is 13.9. The molecule has 2 aromatic rings. The molecule has 1 aliphatic rings. The van der Waals surface area contributed by atoms with E-state index in [0.29, 0.717) is 0 Å². The highest BCUT2D eigenvalue weighted by Crippen LogP contribution is 2.02. The summed E-state index contributed by atoms with van der Waals surface area (Å²) in [5, 5.41) is 0. The minimum atomic E-state index is 1.08. The van der Waals surface area contributed by atoms with Crippen LogP contribution in [0.5, 0.6) is 0 Å². The van der Waals surface area contributed by atoms with Crippen LogP contribution >= 0.6 is 0 Å². The molecule has 0 atom stereocenters. The maximum atomic E-state index is 2.21. The largest absolute Gasteiger partial charge is 0.0807 e. The summed E-state index contributed by atoms with van der Waals surface area (Å²) in [6.45, 7) is 6.28. The normalized spacial score (nSPS) is 12.0. The van der Waals surface area contributed by atoms with Crippen molar-refractivity contribution in [3.8, 4) is 0 Å². The van der Waals surface area contributed by atoms with Crippen LogP contribution in [-0.4, -0.2) is 0 Å². The van der Waals surface area contributed by atoms with E-state index in [1.807, 2.05) is 36.4 Å². The summed E-state index contributed by atoms with van der Waals surface area (Å²) in [6.07, 6.45) is 11.7. The third kappa shape index (κ3) is 9.55. The van der Waals surface area contributed by atoms with Crippen molar-refractivity contribution in [2.75, 3.05) is 0 Å². The summed E-state index contributed by atoms with van der Waals surface area (Å²) >= 11 is 0. The molecule has 0 amide bonds. The molecule has 0 radical (unpaired) electrons. The van der Waals surface area contributed by atoms with Gasteiger partial charge in [0.15, 0.2) is 0 Å². The van der Waals surface area contributed by atoms with Gasteiger partial charge in [-0.25, -0.2) is 0 Å². The van der Waals surface area contributed by atoms with Crippen molar-refractivity contribution in [2.45, 2.75) is 27.2 Å². The average Bonchev–Trinajstić information content (AvgIpc) is 2.78. The van der Waals surface area contributed by atoms with Gasteiger partial charge in [0.2, 0.25) is 0 Å². The van der Waals surface area contributed by atoms with Gasteiger partial charge in [-0.2, -0.15) is 0 Å². The first kappa shape index (κ1) is 17.7. The fourth-order valence-electron chi connectivity index (χ4n) is 1.76. The lowest BCUT2D eigenvalue weighted by Gasteiger charge is -1.82. The molecular weight excluding hydrogens is 264 g/mol. The van der Waals surface area contributed by atoms with Crippen molar-refractivity contribution in [3.05, 3.63) is 108 Å². The second kappa shape index (κ2) is 11.3. The van der Waals surface area contributed by atoms with Gasteiger partial charge in [-0.3, -0.25) is 0 Å². The molecule has 0 aromatic heterocycles. The zero-order valence-corrected chi connectivity index (χ0v) is 13.9.